The Kier molecular flexibility index (Phi) is 74.0. The summed E-state index contributed by atoms with van der Waals surface area (Å²) in [6.45, 7) is 18.8. The molecule has 0 aromatic rings. The fourth-order valence-electron chi connectivity index (χ4n) is 14.9. The second-order valence-electron chi connectivity index (χ2n) is 29.7. The third-order valence-electron chi connectivity index (χ3n) is 21.0. The van der Waals surface area contributed by atoms with Crippen LogP contribution < -0.4 is 10.6 Å². The Labute approximate surface area is 586 Å². The lowest BCUT2D eigenvalue weighted by Gasteiger charge is -2.28. The van der Waals surface area contributed by atoms with Gasteiger partial charge in [0.1, 0.15) is 11.6 Å². The number of carbonyl (C=O) groups is 4. The Hall–Kier alpha value is -2.64. The third kappa shape index (κ3) is 66.6. The highest BCUT2D eigenvalue weighted by Crippen LogP contribution is 2.36. The van der Waals surface area contributed by atoms with Crippen LogP contribution in [0.1, 0.15) is 451 Å². The van der Waals surface area contributed by atoms with Gasteiger partial charge in [0.2, 0.25) is 11.8 Å². The minimum absolute atomic E-state index is 0.122. The van der Waals surface area contributed by atoms with Gasteiger partial charge in [-0.3, -0.25) is 19.2 Å². The third-order valence-corrected chi connectivity index (χ3v) is 21.0. The standard InChI is InChI=1S/C86H164N2O6/c1-7-13-17-21-33-45-61-79(65-49-37-25-29-41-53-69-83(89)71-57-59-77-93-11-5)81(63-47-35-23-19-15-9-3)67-51-39-27-31-43-55-73-85(91)87-75-76-88-86(92)74-56-44-32-28-40-52-68-82(64-48-36-24-20-16-10-4)80(62-46-34-22-18-14-8-2)66-50-38-26-30-42-54-70-84(90)72-58-60-78-94-12-6/h11-12,79-82H,5-10,13-78H2,1-4H3,(H,87,91)(H,88,92). The lowest BCUT2D eigenvalue weighted by atomic mass is 9.78. The van der Waals surface area contributed by atoms with Crippen LogP contribution >= 0.6 is 0 Å². The smallest absolute Gasteiger partial charge is 0.220 e. The summed E-state index contributed by atoms with van der Waals surface area (Å²) in [5.41, 5.74) is 0. The monoisotopic (exact) mass is 1320 g/mol. The molecule has 8 nitrogen and oxygen atoms in total. The first kappa shape index (κ1) is 91.4. The van der Waals surface area contributed by atoms with Crippen LogP contribution in [0.25, 0.3) is 0 Å². The molecule has 0 saturated heterocycles. The van der Waals surface area contributed by atoms with Crippen molar-refractivity contribution in [3.8, 4) is 0 Å². The van der Waals surface area contributed by atoms with Crippen LogP contribution in [-0.2, 0) is 28.7 Å². The minimum Gasteiger partial charge on any atom is -0.502 e. The summed E-state index contributed by atoms with van der Waals surface area (Å²) in [6.07, 6.45) is 84.9. The number of amides is 2. The number of ketones is 2. The van der Waals surface area contributed by atoms with Crippen molar-refractivity contribution in [1.29, 1.82) is 0 Å². The van der Waals surface area contributed by atoms with E-state index in [0.717, 1.165) is 101 Å². The molecule has 0 aromatic carbocycles. The van der Waals surface area contributed by atoms with Crippen molar-refractivity contribution in [2.75, 3.05) is 26.3 Å². The van der Waals surface area contributed by atoms with Crippen LogP contribution in [0.15, 0.2) is 25.7 Å². The number of ether oxygens (including phenoxy) is 2. The van der Waals surface area contributed by atoms with E-state index in [9.17, 15) is 19.2 Å². The summed E-state index contributed by atoms with van der Waals surface area (Å²) in [5.74, 6) is 4.58. The molecule has 94 heavy (non-hydrogen) atoms. The van der Waals surface area contributed by atoms with Gasteiger partial charge in [-0.05, 0) is 75.0 Å². The van der Waals surface area contributed by atoms with E-state index in [0.29, 0.717) is 63.6 Å². The maximum atomic E-state index is 12.7. The minimum atomic E-state index is 0.122. The van der Waals surface area contributed by atoms with Gasteiger partial charge < -0.3 is 20.1 Å². The zero-order valence-electron chi connectivity index (χ0n) is 63.8. The molecular weight excluding hydrogens is 1160 g/mol. The predicted octanol–water partition coefficient (Wildman–Crippen LogP) is 27.0. The van der Waals surface area contributed by atoms with Crippen molar-refractivity contribution in [2.24, 2.45) is 23.7 Å². The molecule has 554 valence electrons. The molecule has 8 heteroatoms. The molecule has 0 aromatic heterocycles. The maximum absolute atomic E-state index is 12.7. The first-order valence-electron chi connectivity index (χ1n) is 42.3. The fourth-order valence-corrected chi connectivity index (χ4v) is 14.9. The van der Waals surface area contributed by atoms with Gasteiger partial charge >= 0.3 is 0 Å². The SMILES string of the molecule is C=COCCCCC(=O)CCCCCCCCC(CCCCCCCC)C(CCCCCCCC)CCCCCCCCC(=O)NCCNC(=O)CCCCCCCCC(CCCCCCCC)C(CCCCCCCC)CCCCCCCCC(=O)CCCCOC=C. The van der Waals surface area contributed by atoms with E-state index in [2.05, 4.69) is 51.5 Å². The molecule has 0 saturated carbocycles. The Morgan fingerprint density at radius 3 is 0.649 bits per heavy atom. The van der Waals surface area contributed by atoms with E-state index in [1.807, 2.05) is 0 Å². The molecule has 4 unspecified atom stereocenters. The molecule has 2 N–H and O–H groups in total. The second-order valence-corrected chi connectivity index (χ2v) is 29.7. The molecular formula is C86H164N2O6. The highest BCUT2D eigenvalue weighted by molar-refractivity contribution is 5.78. The van der Waals surface area contributed by atoms with Crippen molar-refractivity contribution >= 4 is 23.4 Å². The zero-order chi connectivity index (χ0) is 68.4. The summed E-state index contributed by atoms with van der Waals surface area (Å²) in [7, 11) is 0. The molecule has 0 spiro atoms. The Morgan fingerprint density at radius 2 is 0.436 bits per heavy atom. The molecule has 0 aliphatic heterocycles. The normalized spacial score (nSPS) is 12.8. The van der Waals surface area contributed by atoms with Gasteiger partial charge in [-0.1, -0.05) is 375 Å². The number of nitrogens with one attached hydrogen (secondary N) is 2. The number of carbonyl (C=O) groups excluding carboxylic acids is 4. The number of unbranched alkanes of at least 4 members (excludes halogenated alkanes) is 42. The number of hydrogen-bond donors (Lipinski definition) is 2. The summed E-state index contributed by atoms with van der Waals surface area (Å²) in [6, 6.07) is 0. The van der Waals surface area contributed by atoms with Crippen molar-refractivity contribution in [3.63, 3.8) is 0 Å². The van der Waals surface area contributed by atoms with Crippen LogP contribution in [0.2, 0.25) is 0 Å². The number of rotatable bonds is 81. The fraction of sp³-hybridized carbons (Fsp3) is 0.907. The van der Waals surface area contributed by atoms with E-state index < -0.39 is 0 Å². The Balaban J connectivity index is 4.76. The van der Waals surface area contributed by atoms with Crippen molar-refractivity contribution in [1.82, 2.24) is 10.6 Å². The van der Waals surface area contributed by atoms with Gasteiger partial charge in [0.05, 0.1) is 25.7 Å². The van der Waals surface area contributed by atoms with Crippen LogP contribution in [0.4, 0.5) is 0 Å². The summed E-state index contributed by atoms with van der Waals surface area (Å²) in [4.78, 5) is 50.2. The van der Waals surface area contributed by atoms with Gasteiger partial charge in [-0.25, -0.2) is 0 Å². The Morgan fingerprint density at radius 1 is 0.255 bits per heavy atom. The second kappa shape index (κ2) is 76.1. The van der Waals surface area contributed by atoms with E-state index in [4.69, 9.17) is 9.47 Å². The van der Waals surface area contributed by atoms with Gasteiger partial charge in [0.25, 0.3) is 0 Å². The lowest BCUT2D eigenvalue weighted by molar-refractivity contribution is -0.123. The van der Waals surface area contributed by atoms with Crippen molar-refractivity contribution in [3.05, 3.63) is 25.7 Å². The molecule has 0 fully saturated rings. The summed E-state index contributed by atoms with van der Waals surface area (Å²) in [5, 5.41) is 6.15. The topological polar surface area (TPSA) is 111 Å². The van der Waals surface area contributed by atoms with Crippen molar-refractivity contribution < 1.29 is 28.7 Å². The molecule has 0 bridgehead atoms. The Bertz CT molecular complexity index is 1500. The molecule has 0 radical (unpaired) electrons. The first-order valence-corrected chi connectivity index (χ1v) is 42.3. The quantitative estimate of drug-likeness (QED) is 0.0464. The highest BCUT2D eigenvalue weighted by Gasteiger charge is 2.23. The molecule has 4 atom stereocenters. The molecule has 0 rings (SSSR count). The van der Waals surface area contributed by atoms with Gasteiger partial charge in [0, 0.05) is 51.6 Å². The summed E-state index contributed by atoms with van der Waals surface area (Å²) >= 11 is 0. The summed E-state index contributed by atoms with van der Waals surface area (Å²) < 4.78 is 10.4. The maximum Gasteiger partial charge on any atom is 0.220 e. The van der Waals surface area contributed by atoms with Crippen LogP contribution in [0.5, 0.6) is 0 Å². The van der Waals surface area contributed by atoms with E-state index >= 15 is 0 Å². The first-order chi connectivity index (χ1) is 46.3. The molecule has 0 aliphatic rings. The van der Waals surface area contributed by atoms with E-state index in [1.54, 1.807) is 0 Å². The van der Waals surface area contributed by atoms with Crippen LogP contribution in [0.3, 0.4) is 0 Å². The molecule has 0 aliphatic carbocycles. The van der Waals surface area contributed by atoms with E-state index in [-0.39, 0.29) is 11.8 Å². The van der Waals surface area contributed by atoms with Crippen LogP contribution in [-0.4, -0.2) is 49.7 Å². The highest BCUT2D eigenvalue weighted by atomic mass is 16.5. The van der Waals surface area contributed by atoms with Crippen LogP contribution in [0, 0.1) is 23.7 Å². The van der Waals surface area contributed by atoms with Gasteiger partial charge in [-0.15, -0.1) is 0 Å². The van der Waals surface area contributed by atoms with E-state index in [1.165, 1.54) is 334 Å². The molecule has 0 heterocycles. The molecule has 2 amide bonds. The van der Waals surface area contributed by atoms with Gasteiger partial charge in [-0.2, -0.15) is 0 Å². The average Bonchev–Trinajstić information content (AvgIpc) is 2.68. The lowest BCUT2D eigenvalue weighted by Crippen LogP contribution is -2.34. The predicted molar refractivity (Wildman–Crippen MR) is 410 cm³/mol. The zero-order valence-corrected chi connectivity index (χ0v) is 63.8. The van der Waals surface area contributed by atoms with Crippen molar-refractivity contribution in [2.45, 2.75) is 451 Å². The number of Topliss-reactive ketones (excluding diaryl/α,β-unsaturated/α-hetero) is 2. The number of hydrogen-bond acceptors (Lipinski definition) is 6. The average molecular weight is 1320 g/mol. The van der Waals surface area contributed by atoms with Gasteiger partial charge in [0.15, 0.2) is 0 Å². The largest absolute Gasteiger partial charge is 0.502 e.